The molecule has 84 valence electrons. The number of hydrogen-bond donors (Lipinski definition) is 1. The molecule has 16 heavy (non-hydrogen) atoms. The molecule has 0 atom stereocenters. The quantitative estimate of drug-likeness (QED) is 0.612. The van der Waals surface area contributed by atoms with Crippen LogP contribution in [0.4, 0.5) is 11.4 Å². The zero-order valence-corrected chi connectivity index (χ0v) is 9.84. The van der Waals surface area contributed by atoms with Gasteiger partial charge in [-0.1, -0.05) is 6.07 Å². The summed E-state index contributed by atoms with van der Waals surface area (Å²) in [4.78, 5) is 25.0. The van der Waals surface area contributed by atoms with E-state index in [-0.39, 0.29) is 5.91 Å². The summed E-state index contributed by atoms with van der Waals surface area (Å²) in [6.45, 7) is 7.04. The number of benzene rings is 1. The zero-order valence-electron chi connectivity index (χ0n) is 9.84. The van der Waals surface area contributed by atoms with Crippen LogP contribution in [0.2, 0.25) is 0 Å². The maximum Gasteiger partial charge on any atom is 0.240 e. The van der Waals surface area contributed by atoms with E-state index in [9.17, 15) is 9.59 Å². The smallest absolute Gasteiger partial charge is 0.240 e. The van der Waals surface area contributed by atoms with Gasteiger partial charge in [0.2, 0.25) is 12.0 Å². The van der Waals surface area contributed by atoms with Gasteiger partial charge in [-0.2, -0.15) is 4.99 Å². The van der Waals surface area contributed by atoms with Crippen LogP contribution in [-0.2, 0) is 9.59 Å². The Morgan fingerprint density at radius 3 is 2.44 bits per heavy atom. The summed E-state index contributed by atoms with van der Waals surface area (Å²) in [5.74, 6) is -0.143. The average Bonchev–Trinajstić information content (AvgIpc) is 2.19. The van der Waals surface area contributed by atoms with Gasteiger partial charge in [0.05, 0.1) is 5.69 Å². The van der Waals surface area contributed by atoms with Crippen molar-refractivity contribution in [2.45, 2.75) is 27.7 Å². The maximum absolute atomic E-state index is 11.1. The predicted molar refractivity (Wildman–Crippen MR) is 62.7 cm³/mol. The lowest BCUT2D eigenvalue weighted by molar-refractivity contribution is -0.114. The Kier molecular flexibility index (Phi) is 3.59. The van der Waals surface area contributed by atoms with Crippen LogP contribution in [0.15, 0.2) is 11.1 Å². The standard InChI is InChI=1S/C12H14N2O2/c1-7-5-8(2)12(14-10(4)16)9(3)11(7)13-6-15/h5H,1-4H3,(H,14,16). The van der Waals surface area contributed by atoms with Gasteiger partial charge in [0, 0.05) is 12.6 Å². The number of isocyanates is 1. The van der Waals surface area contributed by atoms with E-state index >= 15 is 0 Å². The number of aliphatic imine (C=N–C) groups is 1. The Bertz CT molecular complexity index is 486. The van der Waals surface area contributed by atoms with Gasteiger partial charge in [0.1, 0.15) is 0 Å². The van der Waals surface area contributed by atoms with E-state index in [1.165, 1.54) is 13.0 Å². The van der Waals surface area contributed by atoms with Gasteiger partial charge in [-0.3, -0.25) is 4.79 Å². The first-order valence-corrected chi connectivity index (χ1v) is 4.93. The monoisotopic (exact) mass is 218 g/mol. The first-order chi connectivity index (χ1) is 7.47. The first kappa shape index (κ1) is 12.1. The molecule has 0 heterocycles. The largest absolute Gasteiger partial charge is 0.326 e. The number of carbonyl (C=O) groups is 1. The summed E-state index contributed by atoms with van der Waals surface area (Å²) in [6, 6.07) is 1.88. The third-order valence-corrected chi connectivity index (χ3v) is 2.39. The van der Waals surface area contributed by atoms with Crippen molar-refractivity contribution in [3.63, 3.8) is 0 Å². The van der Waals surface area contributed by atoms with Gasteiger partial charge in [-0.05, 0) is 37.5 Å². The van der Waals surface area contributed by atoms with Crippen molar-refractivity contribution in [2.75, 3.05) is 5.32 Å². The minimum absolute atomic E-state index is 0.143. The molecule has 0 radical (unpaired) electrons. The van der Waals surface area contributed by atoms with Gasteiger partial charge in [-0.15, -0.1) is 0 Å². The van der Waals surface area contributed by atoms with E-state index in [1.54, 1.807) is 0 Å². The third kappa shape index (κ3) is 2.35. The minimum Gasteiger partial charge on any atom is -0.326 e. The molecule has 1 N–H and O–H groups in total. The van der Waals surface area contributed by atoms with Crippen molar-refractivity contribution in [3.05, 3.63) is 22.8 Å². The number of hydrogen-bond acceptors (Lipinski definition) is 3. The molecule has 4 heteroatoms. The molecule has 1 amide bonds. The Morgan fingerprint density at radius 2 is 1.94 bits per heavy atom. The molecule has 0 aromatic heterocycles. The SMILES string of the molecule is CC(=O)Nc1c(C)cc(C)c(N=C=O)c1C. The molecule has 1 rings (SSSR count). The van der Waals surface area contributed by atoms with E-state index in [4.69, 9.17) is 0 Å². The van der Waals surface area contributed by atoms with Crippen molar-refractivity contribution < 1.29 is 9.59 Å². The Balaban J connectivity index is 3.44. The summed E-state index contributed by atoms with van der Waals surface area (Å²) in [5, 5.41) is 2.74. The second-order valence-electron chi connectivity index (χ2n) is 3.74. The number of carbonyl (C=O) groups excluding carboxylic acids is 2. The van der Waals surface area contributed by atoms with Crippen molar-refractivity contribution in [3.8, 4) is 0 Å². The lowest BCUT2D eigenvalue weighted by Crippen LogP contribution is -2.09. The minimum atomic E-state index is -0.143. The normalized spacial score (nSPS) is 9.50. The number of amides is 1. The second-order valence-corrected chi connectivity index (χ2v) is 3.74. The molecular formula is C12H14N2O2. The summed E-state index contributed by atoms with van der Waals surface area (Å²) >= 11 is 0. The number of nitrogens with one attached hydrogen (secondary N) is 1. The van der Waals surface area contributed by atoms with Crippen molar-refractivity contribution >= 4 is 23.4 Å². The summed E-state index contributed by atoms with van der Waals surface area (Å²) < 4.78 is 0. The lowest BCUT2D eigenvalue weighted by Gasteiger charge is -2.13. The third-order valence-electron chi connectivity index (χ3n) is 2.39. The van der Waals surface area contributed by atoms with Gasteiger partial charge >= 0.3 is 0 Å². The molecule has 4 nitrogen and oxygen atoms in total. The number of aryl methyl sites for hydroxylation is 2. The highest BCUT2D eigenvalue weighted by molar-refractivity contribution is 5.92. The van der Waals surface area contributed by atoms with Crippen LogP contribution in [0.5, 0.6) is 0 Å². The topological polar surface area (TPSA) is 58.5 Å². The van der Waals surface area contributed by atoms with Crippen LogP contribution in [0.3, 0.4) is 0 Å². The van der Waals surface area contributed by atoms with E-state index in [1.807, 2.05) is 26.8 Å². The van der Waals surface area contributed by atoms with Crippen LogP contribution in [0.1, 0.15) is 23.6 Å². The van der Waals surface area contributed by atoms with Gasteiger partial charge in [0.25, 0.3) is 0 Å². The molecule has 0 bridgehead atoms. The molecule has 0 fully saturated rings. The molecule has 0 aliphatic heterocycles. The van der Waals surface area contributed by atoms with Gasteiger partial charge in [-0.25, -0.2) is 4.79 Å². The fourth-order valence-corrected chi connectivity index (χ4v) is 1.76. The van der Waals surface area contributed by atoms with Crippen molar-refractivity contribution in [1.82, 2.24) is 0 Å². The summed E-state index contributed by atoms with van der Waals surface area (Å²) in [5.41, 5.74) is 3.93. The Hall–Kier alpha value is -1.93. The second kappa shape index (κ2) is 4.73. The van der Waals surface area contributed by atoms with E-state index in [0.717, 1.165) is 16.7 Å². The van der Waals surface area contributed by atoms with Crippen LogP contribution < -0.4 is 5.32 Å². The molecule has 0 saturated heterocycles. The molecule has 0 saturated carbocycles. The molecule has 0 unspecified atom stereocenters. The van der Waals surface area contributed by atoms with Crippen LogP contribution in [-0.4, -0.2) is 12.0 Å². The maximum atomic E-state index is 11.1. The fraction of sp³-hybridized carbons (Fsp3) is 0.333. The number of nitrogens with zero attached hydrogens (tertiary/aromatic N) is 1. The average molecular weight is 218 g/mol. The highest BCUT2D eigenvalue weighted by Crippen LogP contribution is 2.32. The highest BCUT2D eigenvalue weighted by atomic mass is 16.1. The van der Waals surface area contributed by atoms with Crippen LogP contribution >= 0.6 is 0 Å². The fourth-order valence-electron chi connectivity index (χ4n) is 1.76. The molecule has 0 aliphatic carbocycles. The van der Waals surface area contributed by atoms with E-state index in [0.29, 0.717) is 11.4 Å². The lowest BCUT2D eigenvalue weighted by atomic mass is 10.0. The Morgan fingerprint density at radius 1 is 1.31 bits per heavy atom. The van der Waals surface area contributed by atoms with Crippen LogP contribution in [0.25, 0.3) is 0 Å². The number of anilines is 1. The molecular weight excluding hydrogens is 204 g/mol. The van der Waals surface area contributed by atoms with Crippen molar-refractivity contribution in [2.24, 2.45) is 4.99 Å². The summed E-state index contributed by atoms with van der Waals surface area (Å²) in [6.07, 6.45) is 1.53. The van der Waals surface area contributed by atoms with E-state index in [2.05, 4.69) is 10.3 Å². The molecule has 0 aliphatic rings. The predicted octanol–water partition coefficient (Wildman–Crippen LogP) is 2.54. The summed E-state index contributed by atoms with van der Waals surface area (Å²) in [7, 11) is 0. The van der Waals surface area contributed by atoms with E-state index < -0.39 is 0 Å². The van der Waals surface area contributed by atoms with Gasteiger partial charge in [0.15, 0.2) is 0 Å². The van der Waals surface area contributed by atoms with Gasteiger partial charge < -0.3 is 5.32 Å². The van der Waals surface area contributed by atoms with Crippen molar-refractivity contribution in [1.29, 1.82) is 0 Å². The molecule has 0 spiro atoms. The van der Waals surface area contributed by atoms with Crippen LogP contribution in [0, 0.1) is 20.8 Å². The zero-order chi connectivity index (χ0) is 12.3. The Labute approximate surface area is 94.4 Å². The highest BCUT2D eigenvalue weighted by Gasteiger charge is 2.11. The molecule has 1 aromatic carbocycles. The number of rotatable bonds is 2. The first-order valence-electron chi connectivity index (χ1n) is 4.93. The molecule has 1 aromatic rings.